The summed E-state index contributed by atoms with van der Waals surface area (Å²) in [5, 5.41) is 7.87. The SMILES string of the molecule is COc1cccc(-c2cc(F)ccc2[C@H]2Cc3nc(N)nc(C)c3/C(=N/OCC[C@H]3COC(C)(C)O3)N2)n1. The zero-order valence-corrected chi connectivity index (χ0v) is 21.8. The summed E-state index contributed by atoms with van der Waals surface area (Å²) in [6, 6.07) is 9.69. The Morgan fingerprint density at radius 3 is 2.82 bits per heavy atom. The second-order valence-electron chi connectivity index (χ2n) is 9.70. The zero-order valence-electron chi connectivity index (χ0n) is 21.8. The lowest BCUT2D eigenvalue weighted by atomic mass is 9.90. The molecule has 3 N–H and O–H groups in total. The van der Waals surface area contributed by atoms with Gasteiger partial charge in [-0.2, -0.15) is 0 Å². The van der Waals surface area contributed by atoms with E-state index < -0.39 is 5.79 Å². The number of oxime groups is 1. The number of nitrogen functional groups attached to an aromatic ring is 1. The fraction of sp³-hybridized carbons (Fsp3) is 0.407. The van der Waals surface area contributed by atoms with Crippen LogP contribution < -0.4 is 15.8 Å². The first-order chi connectivity index (χ1) is 18.2. The smallest absolute Gasteiger partial charge is 0.220 e. The highest BCUT2D eigenvalue weighted by molar-refractivity contribution is 6.01. The van der Waals surface area contributed by atoms with Crippen molar-refractivity contribution in [3.8, 4) is 17.1 Å². The molecule has 10 nitrogen and oxygen atoms in total. The average Bonchev–Trinajstić information content (AvgIpc) is 3.24. The molecular formula is C27H31FN6O4. The van der Waals surface area contributed by atoms with Gasteiger partial charge in [0.1, 0.15) is 12.4 Å². The molecule has 3 aromatic rings. The summed E-state index contributed by atoms with van der Waals surface area (Å²) in [7, 11) is 1.54. The molecule has 0 unspecified atom stereocenters. The van der Waals surface area contributed by atoms with E-state index in [-0.39, 0.29) is 23.9 Å². The van der Waals surface area contributed by atoms with Gasteiger partial charge in [0.25, 0.3) is 0 Å². The first-order valence-corrected chi connectivity index (χ1v) is 12.4. The fourth-order valence-corrected chi connectivity index (χ4v) is 4.79. The third-order valence-electron chi connectivity index (χ3n) is 6.48. The van der Waals surface area contributed by atoms with E-state index in [2.05, 4.69) is 25.4 Å². The lowest BCUT2D eigenvalue weighted by Gasteiger charge is -2.29. The van der Waals surface area contributed by atoms with Crippen LogP contribution in [0.5, 0.6) is 5.88 Å². The van der Waals surface area contributed by atoms with Gasteiger partial charge in [-0.1, -0.05) is 17.3 Å². The maximum atomic E-state index is 14.4. The van der Waals surface area contributed by atoms with E-state index in [1.807, 2.05) is 32.9 Å². The Hall–Kier alpha value is -3.83. The van der Waals surface area contributed by atoms with Crippen molar-refractivity contribution in [3.05, 3.63) is 64.7 Å². The summed E-state index contributed by atoms with van der Waals surface area (Å²) >= 11 is 0. The van der Waals surface area contributed by atoms with E-state index in [0.29, 0.717) is 54.7 Å². The summed E-state index contributed by atoms with van der Waals surface area (Å²) in [5.74, 6) is 0.132. The number of hydrogen-bond donors (Lipinski definition) is 2. The van der Waals surface area contributed by atoms with E-state index in [0.717, 1.165) is 16.8 Å². The highest BCUT2D eigenvalue weighted by Crippen LogP contribution is 2.34. The molecule has 200 valence electrons. The van der Waals surface area contributed by atoms with Crippen LogP contribution in [0.3, 0.4) is 0 Å². The molecule has 0 spiro atoms. The van der Waals surface area contributed by atoms with Crippen LogP contribution in [0, 0.1) is 12.7 Å². The van der Waals surface area contributed by atoms with Crippen molar-refractivity contribution in [1.29, 1.82) is 0 Å². The van der Waals surface area contributed by atoms with Crippen LogP contribution in [0.4, 0.5) is 10.3 Å². The molecular weight excluding hydrogens is 491 g/mol. The van der Waals surface area contributed by atoms with Crippen LogP contribution in [0.2, 0.25) is 0 Å². The third kappa shape index (κ3) is 5.53. The van der Waals surface area contributed by atoms with Crippen molar-refractivity contribution in [2.24, 2.45) is 5.16 Å². The Bertz CT molecular complexity index is 1370. The van der Waals surface area contributed by atoms with Gasteiger partial charge >= 0.3 is 0 Å². The lowest BCUT2D eigenvalue weighted by molar-refractivity contribution is -0.140. The van der Waals surface area contributed by atoms with Gasteiger partial charge < -0.3 is 30.1 Å². The first-order valence-electron chi connectivity index (χ1n) is 12.4. The van der Waals surface area contributed by atoms with E-state index >= 15 is 0 Å². The van der Waals surface area contributed by atoms with Crippen molar-refractivity contribution in [3.63, 3.8) is 0 Å². The summed E-state index contributed by atoms with van der Waals surface area (Å²) in [6.45, 7) is 6.46. The summed E-state index contributed by atoms with van der Waals surface area (Å²) in [6.07, 6.45) is 1.04. The van der Waals surface area contributed by atoms with Crippen molar-refractivity contribution in [2.45, 2.75) is 51.5 Å². The van der Waals surface area contributed by atoms with Crippen LogP contribution in [-0.2, 0) is 20.7 Å². The number of aromatic nitrogens is 3. The molecule has 0 bridgehead atoms. The Balaban J connectivity index is 1.45. The maximum Gasteiger partial charge on any atom is 0.220 e. The minimum absolute atomic E-state index is 0.0634. The number of rotatable bonds is 7. The van der Waals surface area contributed by atoms with E-state index in [1.165, 1.54) is 12.1 Å². The van der Waals surface area contributed by atoms with Gasteiger partial charge in [-0.05, 0) is 44.5 Å². The minimum atomic E-state index is -0.591. The van der Waals surface area contributed by atoms with Gasteiger partial charge in [0.2, 0.25) is 11.8 Å². The maximum absolute atomic E-state index is 14.4. The molecule has 0 amide bonds. The number of anilines is 1. The Kier molecular flexibility index (Phi) is 7.13. The minimum Gasteiger partial charge on any atom is -0.481 e. The predicted octanol–water partition coefficient (Wildman–Crippen LogP) is 3.68. The molecule has 1 saturated heterocycles. The van der Waals surface area contributed by atoms with Gasteiger partial charge in [0, 0.05) is 24.5 Å². The molecule has 2 atom stereocenters. The van der Waals surface area contributed by atoms with Crippen molar-refractivity contribution < 1.29 is 23.4 Å². The molecule has 4 heterocycles. The number of aryl methyl sites for hydroxylation is 1. The Morgan fingerprint density at radius 1 is 1.21 bits per heavy atom. The normalized spacial score (nSPS) is 21.1. The van der Waals surface area contributed by atoms with E-state index in [9.17, 15) is 4.39 Å². The summed E-state index contributed by atoms with van der Waals surface area (Å²) in [5.41, 5.74) is 10.2. The summed E-state index contributed by atoms with van der Waals surface area (Å²) in [4.78, 5) is 19.0. The summed E-state index contributed by atoms with van der Waals surface area (Å²) < 4.78 is 31.1. The molecule has 1 fully saturated rings. The molecule has 5 rings (SSSR count). The number of nitrogens with one attached hydrogen (secondary N) is 1. The van der Waals surface area contributed by atoms with Gasteiger partial charge in [-0.15, -0.1) is 0 Å². The quantitative estimate of drug-likeness (QED) is 0.353. The highest BCUT2D eigenvalue weighted by Gasteiger charge is 2.33. The van der Waals surface area contributed by atoms with Crippen molar-refractivity contribution in [2.75, 3.05) is 26.1 Å². The standard InChI is InChI=1S/C27H31FN6O4/c1-15-24-22(33-26(29)30-15)13-21(32-25(24)34-37-11-10-17-14-36-27(2,3)38-17)18-9-8-16(28)12-19(18)20-6-5-7-23(31-20)35-4/h5-9,12,17,21H,10-11,13-14H2,1-4H3,(H,32,34)(H2,29,30,33)/t17-,21+/m0/s1. The van der Waals surface area contributed by atoms with Gasteiger partial charge in [-0.25, -0.2) is 19.3 Å². The number of hydrogen-bond acceptors (Lipinski definition) is 9. The topological polar surface area (TPSA) is 126 Å². The second-order valence-corrected chi connectivity index (χ2v) is 9.70. The molecule has 1 aromatic carbocycles. The average molecular weight is 523 g/mol. The Labute approximate surface area is 220 Å². The largest absolute Gasteiger partial charge is 0.481 e. The van der Waals surface area contributed by atoms with Crippen molar-refractivity contribution >= 4 is 11.8 Å². The lowest BCUT2D eigenvalue weighted by Crippen LogP contribution is -2.38. The van der Waals surface area contributed by atoms with Gasteiger partial charge in [-0.3, -0.25) is 0 Å². The number of ether oxygens (including phenoxy) is 3. The van der Waals surface area contributed by atoms with Crippen LogP contribution in [-0.4, -0.2) is 53.0 Å². The highest BCUT2D eigenvalue weighted by atomic mass is 19.1. The molecule has 0 radical (unpaired) electrons. The molecule has 2 aliphatic rings. The van der Waals surface area contributed by atoms with Crippen molar-refractivity contribution in [1.82, 2.24) is 20.3 Å². The van der Waals surface area contributed by atoms with E-state index in [4.69, 9.17) is 24.8 Å². The molecule has 11 heteroatoms. The number of halogens is 1. The number of amidine groups is 1. The van der Waals surface area contributed by atoms with Crippen LogP contribution in [0.1, 0.15) is 48.8 Å². The Morgan fingerprint density at radius 2 is 2.05 bits per heavy atom. The predicted molar refractivity (Wildman–Crippen MR) is 139 cm³/mol. The van der Waals surface area contributed by atoms with E-state index in [1.54, 1.807) is 19.2 Å². The van der Waals surface area contributed by atoms with Crippen LogP contribution >= 0.6 is 0 Å². The molecule has 38 heavy (non-hydrogen) atoms. The molecule has 2 aromatic heterocycles. The number of benzene rings is 1. The second kappa shape index (κ2) is 10.5. The fourth-order valence-electron chi connectivity index (χ4n) is 4.79. The number of nitrogens with zero attached hydrogens (tertiary/aromatic N) is 4. The van der Waals surface area contributed by atoms with Crippen LogP contribution in [0.15, 0.2) is 41.6 Å². The number of methoxy groups -OCH3 is 1. The zero-order chi connectivity index (χ0) is 26.9. The first kappa shape index (κ1) is 25.8. The molecule has 2 aliphatic heterocycles. The van der Waals surface area contributed by atoms with Crippen LogP contribution in [0.25, 0.3) is 11.3 Å². The number of fused-ring (bicyclic) bond motifs is 1. The third-order valence-corrected chi connectivity index (χ3v) is 6.48. The molecule has 0 saturated carbocycles. The number of nitrogens with two attached hydrogens (primary N) is 1. The molecule has 0 aliphatic carbocycles. The monoisotopic (exact) mass is 522 g/mol. The van der Waals surface area contributed by atoms with Gasteiger partial charge in [0.05, 0.1) is 48.5 Å². The van der Waals surface area contributed by atoms with Gasteiger partial charge in [0.15, 0.2) is 11.6 Å². The number of pyridine rings is 1.